The van der Waals surface area contributed by atoms with Crippen LogP contribution in [0.25, 0.3) is 11.0 Å². The summed E-state index contributed by atoms with van der Waals surface area (Å²) in [7, 11) is -4.11. The summed E-state index contributed by atoms with van der Waals surface area (Å²) >= 11 is 0. The fraction of sp³-hybridized carbons (Fsp3) is 0.471. The van der Waals surface area contributed by atoms with Gasteiger partial charge in [-0.25, -0.2) is 9.71 Å². The Morgan fingerprint density at radius 3 is 2.69 bits per heavy atom. The van der Waals surface area contributed by atoms with E-state index in [0.29, 0.717) is 37.3 Å². The second-order valence-electron chi connectivity index (χ2n) is 6.78. The first-order chi connectivity index (χ1) is 12.5. The SMILES string of the molecule is O=C(NS(=O)(=O)c1cnc2ccccc2n1)C1CC2(CCOCC2)CO1. The van der Waals surface area contributed by atoms with Gasteiger partial charge in [0.1, 0.15) is 6.10 Å². The number of amides is 1. The van der Waals surface area contributed by atoms with Crippen molar-refractivity contribution < 1.29 is 22.7 Å². The van der Waals surface area contributed by atoms with Gasteiger partial charge in [0, 0.05) is 18.6 Å². The molecule has 2 aliphatic heterocycles. The number of nitrogens with one attached hydrogen (secondary N) is 1. The minimum absolute atomic E-state index is 0.0905. The van der Waals surface area contributed by atoms with Gasteiger partial charge in [0.15, 0.2) is 5.03 Å². The van der Waals surface area contributed by atoms with Gasteiger partial charge in [-0.1, -0.05) is 12.1 Å². The van der Waals surface area contributed by atoms with Crippen LogP contribution in [-0.4, -0.2) is 50.2 Å². The monoisotopic (exact) mass is 377 g/mol. The van der Waals surface area contributed by atoms with Crippen LogP contribution in [0.15, 0.2) is 35.5 Å². The number of aromatic nitrogens is 2. The van der Waals surface area contributed by atoms with Crippen molar-refractivity contribution in [1.82, 2.24) is 14.7 Å². The summed E-state index contributed by atoms with van der Waals surface area (Å²) in [6.45, 7) is 1.73. The van der Waals surface area contributed by atoms with E-state index in [4.69, 9.17) is 9.47 Å². The van der Waals surface area contributed by atoms with E-state index in [1.54, 1.807) is 24.3 Å². The number of rotatable bonds is 3. The highest BCUT2D eigenvalue weighted by molar-refractivity contribution is 7.90. The summed E-state index contributed by atoms with van der Waals surface area (Å²) in [6, 6.07) is 6.93. The zero-order valence-electron chi connectivity index (χ0n) is 14.1. The second-order valence-corrected chi connectivity index (χ2v) is 8.41. The van der Waals surface area contributed by atoms with Crippen molar-refractivity contribution in [3.8, 4) is 0 Å². The van der Waals surface area contributed by atoms with Crippen molar-refractivity contribution in [2.45, 2.75) is 30.4 Å². The molecule has 2 aromatic rings. The number of sulfonamides is 1. The summed E-state index contributed by atoms with van der Waals surface area (Å²) in [6.07, 6.45) is 2.50. The maximum absolute atomic E-state index is 12.5. The molecule has 26 heavy (non-hydrogen) atoms. The predicted molar refractivity (Wildman–Crippen MR) is 91.7 cm³/mol. The van der Waals surface area contributed by atoms with Crippen molar-refractivity contribution in [2.75, 3.05) is 19.8 Å². The van der Waals surface area contributed by atoms with Gasteiger partial charge in [-0.05, 0) is 31.4 Å². The van der Waals surface area contributed by atoms with Gasteiger partial charge < -0.3 is 9.47 Å². The molecule has 9 heteroatoms. The zero-order valence-corrected chi connectivity index (χ0v) is 14.9. The summed E-state index contributed by atoms with van der Waals surface area (Å²) in [5, 5.41) is -0.289. The molecule has 1 spiro atoms. The minimum Gasteiger partial charge on any atom is -0.381 e. The standard InChI is InChI=1S/C17H19N3O5S/c21-16(14-9-17(11-25-14)5-7-24-8-6-17)20-26(22,23)15-10-18-12-3-1-2-4-13(12)19-15/h1-4,10,14H,5-9,11H2,(H,20,21). The van der Waals surface area contributed by atoms with Crippen molar-refractivity contribution in [1.29, 1.82) is 0 Å². The molecule has 8 nitrogen and oxygen atoms in total. The van der Waals surface area contributed by atoms with Crippen LogP contribution in [0.1, 0.15) is 19.3 Å². The lowest BCUT2D eigenvalue weighted by atomic mass is 9.78. The molecule has 1 atom stereocenters. The van der Waals surface area contributed by atoms with Gasteiger partial charge in [-0.15, -0.1) is 0 Å². The van der Waals surface area contributed by atoms with Crippen LogP contribution in [0.2, 0.25) is 0 Å². The van der Waals surface area contributed by atoms with Gasteiger partial charge in [0.2, 0.25) is 0 Å². The number of carbonyl (C=O) groups is 1. The van der Waals surface area contributed by atoms with Crippen molar-refractivity contribution in [3.63, 3.8) is 0 Å². The zero-order chi connectivity index (χ0) is 18.2. The molecule has 0 aliphatic carbocycles. The Balaban J connectivity index is 1.49. The smallest absolute Gasteiger partial charge is 0.283 e. The Morgan fingerprint density at radius 1 is 1.19 bits per heavy atom. The Kier molecular flexibility index (Phi) is 4.37. The number of para-hydroxylation sites is 2. The normalized spacial score (nSPS) is 22.5. The van der Waals surface area contributed by atoms with Gasteiger partial charge >= 0.3 is 0 Å². The first-order valence-corrected chi connectivity index (χ1v) is 9.94. The summed E-state index contributed by atoms with van der Waals surface area (Å²) in [4.78, 5) is 20.6. The minimum atomic E-state index is -4.11. The molecule has 0 saturated carbocycles. The van der Waals surface area contributed by atoms with Crippen LogP contribution >= 0.6 is 0 Å². The molecule has 1 aromatic carbocycles. The number of hydrogen-bond donors (Lipinski definition) is 1. The highest BCUT2D eigenvalue weighted by Gasteiger charge is 2.44. The molecular weight excluding hydrogens is 358 g/mol. The van der Waals surface area contributed by atoms with E-state index >= 15 is 0 Å². The Labute approximate surface area is 151 Å². The van der Waals surface area contributed by atoms with E-state index < -0.39 is 22.0 Å². The second kappa shape index (κ2) is 6.57. The molecule has 3 heterocycles. The summed E-state index contributed by atoms with van der Waals surface area (Å²) in [5.74, 6) is -0.664. The first kappa shape index (κ1) is 17.3. The predicted octanol–water partition coefficient (Wildman–Crippen LogP) is 1.02. The quantitative estimate of drug-likeness (QED) is 0.851. The Hall–Kier alpha value is -2.10. The maximum Gasteiger partial charge on any atom is 0.283 e. The first-order valence-electron chi connectivity index (χ1n) is 8.45. The molecule has 0 bridgehead atoms. The molecule has 2 saturated heterocycles. The van der Waals surface area contributed by atoms with Crippen LogP contribution < -0.4 is 4.72 Å². The molecule has 1 N–H and O–H groups in total. The van der Waals surface area contributed by atoms with Gasteiger partial charge in [0.05, 0.1) is 23.8 Å². The molecule has 2 fully saturated rings. The third-order valence-corrected chi connectivity index (χ3v) is 6.21. The fourth-order valence-corrected chi connectivity index (χ4v) is 4.34. The molecule has 1 aromatic heterocycles. The Morgan fingerprint density at radius 2 is 1.92 bits per heavy atom. The third kappa shape index (κ3) is 3.29. The van der Waals surface area contributed by atoms with Crippen LogP contribution in [0.5, 0.6) is 0 Å². The average Bonchev–Trinajstić information content (AvgIpc) is 3.05. The molecular formula is C17H19N3O5S. The van der Waals surface area contributed by atoms with E-state index in [1.807, 2.05) is 0 Å². The average molecular weight is 377 g/mol. The van der Waals surface area contributed by atoms with E-state index in [-0.39, 0.29) is 10.4 Å². The van der Waals surface area contributed by atoms with E-state index in [2.05, 4.69) is 14.7 Å². The number of nitrogens with zero attached hydrogens (tertiary/aromatic N) is 2. The molecule has 1 unspecified atom stereocenters. The maximum atomic E-state index is 12.5. The van der Waals surface area contributed by atoms with Crippen LogP contribution in [0.4, 0.5) is 0 Å². The van der Waals surface area contributed by atoms with Gasteiger partial charge in [-0.2, -0.15) is 8.42 Å². The molecule has 2 aliphatic rings. The van der Waals surface area contributed by atoms with Gasteiger partial charge in [0.25, 0.3) is 15.9 Å². The number of fused-ring (bicyclic) bond motifs is 1. The fourth-order valence-electron chi connectivity index (χ4n) is 3.43. The van der Waals surface area contributed by atoms with E-state index in [0.717, 1.165) is 19.0 Å². The highest BCUT2D eigenvalue weighted by Crippen LogP contribution is 2.41. The largest absolute Gasteiger partial charge is 0.381 e. The third-order valence-electron chi connectivity index (χ3n) is 4.99. The molecule has 138 valence electrons. The van der Waals surface area contributed by atoms with E-state index in [1.165, 1.54) is 0 Å². The molecule has 1 amide bonds. The van der Waals surface area contributed by atoms with Crippen LogP contribution in [0, 0.1) is 5.41 Å². The lowest BCUT2D eigenvalue weighted by molar-refractivity contribution is -0.128. The topological polar surface area (TPSA) is 107 Å². The lowest BCUT2D eigenvalue weighted by Gasteiger charge is -2.31. The van der Waals surface area contributed by atoms with Crippen molar-refractivity contribution in [2.24, 2.45) is 5.41 Å². The van der Waals surface area contributed by atoms with E-state index in [9.17, 15) is 13.2 Å². The van der Waals surface area contributed by atoms with Crippen LogP contribution in [0.3, 0.4) is 0 Å². The lowest BCUT2D eigenvalue weighted by Crippen LogP contribution is -2.39. The van der Waals surface area contributed by atoms with Crippen molar-refractivity contribution >= 4 is 27.0 Å². The number of hydrogen-bond acceptors (Lipinski definition) is 7. The van der Waals surface area contributed by atoms with Gasteiger partial charge in [-0.3, -0.25) is 9.78 Å². The Bertz CT molecular complexity index is 940. The highest BCUT2D eigenvalue weighted by atomic mass is 32.2. The number of ether oxygens (including phenoxy) is 2. The van der Waals surface area contributed by atoms with Crippen molar-refractivity contribution in [3.05, 3.63) is 30.5 Å². The molecule has 0 radical (unpaired) electrons. The summed E-state index contributed by atoms with van der Waals surface area (Å²) in [5.41, 5.74) is 0.937. The number of benzene rings is 1. The summed E-state index contributed by atoms with van der Waals surface area (Å²) < 4.78 is 38.0. The molecule has 4 rings (SSSR count). The number of carbonyl (C=O) groups excluding carboxylic acids is 1. The van der Waals surface area contributed by atoms with Crippen LogP contribution in [-0.2, 0) is 24.3 Å².